The van der Waals surface area contributed by atoms with E-state index in [1.165, 1.54) is 11.3 Å². The maximum absolute atomic E-state index is 6.39. The quantitative estimate of drug-likeness (QED) is 0.428. The maximum atomic E-state index is 6.39. The highest BCUT2D eigenvalue weighted by molar-refractivity contribution is 14.1. The third kappa shape index (κ3) is 1.57. The van der Waals surface area contributed by atoms with Gasteiger partial charge >= 0.3 is 0 Å². The highest BCUT2D eigenvalue weighted by Crippen LogP contribution is 2.59. The number of ether oxygens (including phenoxy) is 1. The summed E-state index contributed by atoms with van der Waals surface area (Å²) < 4.78 is 6.34. The molecule has 0 N–H and O–H groups in total. The van der Waals surface area contributed by atoms with E-state index in [1.54, 1.807) is 0 Å². The molecule has 2 fully saturated rings. The number of hydrogen-bond acceptors (Lipinski definition) is 2. The van der Waals surface area contributed by atoms with Crippen molar-refractivity contribution in [1.29, 1.82) is 0 Å². The van der Waals surface area contributed by atoms with Crippen molar-refractivity contribution in [3.8, 4) is 0 Å². The molecule has 2 bridgehead atoms. The molecular weight excluding hydrogens is 349 g/mol. The Balaban J connectivity index is 1.65. The zero-order chi connectivity index (χ0) is 13.3. The average Bonchev–Trinajstić information content (AvgIpc) is 2.97. The van der Waals surface area contributed by atoms with E-state index in [-0.39, 0.29) is 9.21 Å². The molecule has 2 saturated heterocycles. The summed E-state index contributed by atoms with van der Waals surface area (Å²) in [4.78, 5) is 2.48. The van der Waals surface area contributed by atoms with Crippen LogP contribution >= 0.6 is 22.6 Å². The van der Waals surface area contributed by atoms with Gasteiger partial charge in [0.1, 0.15) is 9.21 Å². The summed E-state index contributed by atoms with van der Waals surface area (Å²) in [6, 6.07) is 8.85. The first kappa shape index (κ1) is 12.2. The fourth-order valence-electron chi connectivity index (χ4n) is 3.82. The summed E-state index contributed by atoms with van der Waals surface area (Å²) >= 11 is 2.48. The summed E-state index contributed by atoms with van der Waals surface area (Å²) in [5, 5.41) is 0. The molecule has 0 radical (unpaired) electrons. The molecule has 2 nitrogen and oxygen atoms in total. The van der Waals surface area contributed by atoms with Gasteiger partial charge in [-0.1, -0.05) is 30.7 Å². The lowest BCUT2D eigenvalue weighted by Crippen LogP contribution is -2.34. The Morgan fingerprint density at radius 1 is 1.26 bits per heavy atom. The van der Waals surface area contributed by atoms with Gasteiger partial charge in [0.25, 0.3) is 0 Å². The summed E-state index contributed by atoms with van der Waals surface area (Å²) in [6.07, 6.45) is 4.59. The van der Waals surface area contributed by atoms with E-state index < -0.39 is 0 Å². The van der Waals surface area contributed by atoms with E-state index in [4.69, 9.17) is 4.74 Å². The van der Waals surface area contributed by atoms with Gasteiger partial charge in [-0.05, 0) is 47.7 Å². The van der Waals surface area contributed by atoms with Crippen LogP contribution in [0.5, 0.6) is 0 Å². The SMILES string of the molecule is Cc1ccc(N2C[C@@H]3[C@H](C)[C@]4(I)C=C[C@]3(C2)O4)cc1. The number of fused-ring (bicyclic) bond motifs is 1. The molecule has 1 aromatic carbocycles. The smallest absolute Gasteiger partial charge is 0.141 e. The number of anilines is 1. The van der Waals surface area contributed by atoms with Crippen LogP contribution in [-0.4, -0.2) is 22.3 Å². The van der Waals surface area contributed by atoms with Crippen molar-refractivity contribution in [2.45, 2.75) is 23.1 Å². The number of alkyl halides is 1. The number of rotatable bonds is 1. The third-order valence-corrected chi connectivity index (χ3v) is 6.61. The summed E-state index contributed by atoms with van der Waals surface area (Å²) in [5.74, 6) is 1.21. The van der Waals surface area contributed by atoms with Crippen molar-refractivity contribution >= 4 is 28.3 Å². The van der Waals surface area contributed by atoms with Crippen LogP contribution in [0.2, 0.25) is 0 Å². The zero-order valence-electron chi connectivity index (χ0n) is 11.3. The molecule has 100 valence electrons. The minimum atomic E-state index is -0.0538. The highest BCUT2D eigenvalue weighted by atomic mass is 127. The first-order valence-corrected chi connectivity index (χ1v) is 8.01. The Morgan fingerprint density at radius 2 is 2.00 bits per heavy atom. The van der Waals surface area contributed by atoms with Gasteiger partial charge in [-0.25, -0.2) is 0 Å². The van der Waals surface area contributed by atoms with E-state index >= 15 is 0 Å². The first-order valence-electron chi connectivity index (χ1n) is 6.94. The predicted molar refractivity (Wildman–Crippen MR) is 85.8 cm³/mol. The molecule has 3 aliphatic rings. The molecule has 1 aromatic rings. The molecule has 4 atom stereocenters. The molecule has 0 unspecified atom stereocenters. The van der Waals surface area contributed by atoms with Gasteiger partial charge in [0.05, 0.1) is 6.54 Å². The zero-order valence-corrected chi connectivity index (χ0v) is 13.4. The van der Waals surface area contributed by atoms with Crippen molar-refractivity contribution in [2.75, 3.05) is 18.0 Å². The van der Waals surface area contributed by atoms with Crippen molar-refractivity contribution in [3.05, 3.63) is 42.0 Å². The normalized spacial score (nSPS) is 43.0. The second kappa shape index (κ2) is 3.76. The number of hydrogen-bond donors (Lipinski definition) is 0. The number of nitrogens with zero attached hydrogens (tertiary/aromatic N) is 1. The van der Waals surface area contributed by atoms with Gasteiger partial charge in [0, 0.05) is 24.1 Å². The fourth-order valence-corrected chi connectivity index (χ4v) is 4.85. The standard InChI is InChI=1S/C16H18INO/c1-11-3-5-13(6-4-11)18-9-14-12(2)16(17)8-7-15(14,10-18)19-16/h3-8,12,14H,9-10H2,1-2H3/t12-,14+,15+,16-/m0/s1. The molecule has 0 saturated carbocycles. The minimum absolute atomic E-state index is 0.0362. The summed E-state index contributed by atoms with van der Waals surface area (Å²) in [7, 11) is 0. The van der Waals surface area contributed by atoms with Gasteiger partial charge in [0.15, 0.2) is 0 Å². The summed E-state index contributed by atoms with van der Waals surface area (Å²) in [5.41, 5.74) is 2.60. The maximum Gasteiger partial charge on any atom is 0.141 e. The van der Waals surface area contributed by atoms with Crippen molar-refractivity contribution < 1.29 is 4.74 Å². The number of aryl methyl sites for hydroxylation is 1. The van der Waals surface area contributed by atoms with Gasteiger partial charge in [-0.2, -0.15) is 0 Å². The predicted octanol–water partition coefficient (Wildman–Crippen LogP) is 3.54. The van der Waals surface area contributed by atoms with Crippen LogP contribution in [0.4, 0.5) is 5.69 Å². The third-order valence-electron chi connectivity index (χ3n) is 5.05. The molecule has 1 spiro atoms. The van der Waals surface area contributed by atoms with Gasteiger partial charge in [0.2, 0.25) is 0 Å². The molecule has 3 aliphatic heterocycles. The lowest BCUT2D eigenvalue weighted by Gasteiger charge is -2.26. The van der Waals surface area contributed by atoms with Crippen LogP contribution in [-0.2, 0) is 4.74 Å². The number of halogens is 1. The van der Waals surface area contributed by atoms with Crippen LogP contribution in [0.1, 0.15) is 12.5 Å². The van der Waals surface area contributed by atoms with E-state index in [2.05, 4.69) is 77.8 Å². The molecule has 19 heavy (non-hydrogen) atoms. The fraction of sp³-hybridized carbons (Fsp3) is 0.500. The second-order valence-corrected chi connectivity index (χ2v) is 7.89. The van der Waals surface area contributed by atoms with Crippen LogP contribution in [0, 0.1) is 18.8 Å². The topological polar surface area (TPSA) is 12.5 Å². The largest absolute Gasteiger partial charge is 0.368 e. The van der Waals surface area contributed by atoms with Gasteiger partial charge < -0.3 is 9.64 Å². The minimum Gasteiger partial charge on any atom is -0.368 e. The van der Waals surface area contributed by atoms with E-state index in [9.17, 15) is 0 Å². The molecule has 4 rings (SSSR count). The first-order chi connectivity index (χ1) is 9.02. The second-order valence-electron chi connectivity index (χ2n) is 6.20. The Bertz CT molecular complexity index is 554. The molecular formula is C16H18INO. The van der Waals surface area contributed by atoms with Crippen LogP contribution < -0.4 is 4.90 Å². The van der Waals surface area contributed by atoms with E-state index in [1.807, 2.05) is 0 Å². The summed E-state index contributed by atoms with van der Waals surface area (Å²) in [6.45, 7) is 6.57. The van der Waals surface area contributed by atoms with Gasteiger partial charge in [-0.3, -0.25) is 0 Å². The van der Waals surface area contributed by atoms with Crippen LogP contribution in [0.3, 0.4) is 0 Å². The van der Waals surface area contributed by atoms with Crippen molar-refractivity contribution in [3.63, 3.8) is 0 Å². The van der Waals surface area contributed by atoms with Crippen LogP contribution in [0.25, 0.3) is 0 Å². The van der Waals surface area contributed by atoms with Gasteiger partial charge in [-0.15, -0.1) is 0 Å². The van der Waals surface area contributed by atoms with Crippen LogP contribution in [0.15, 0.2) is 36.4 Å². The number of benzene rings is 1. The Labute approximate surface area is 128 Å². The van der Waals surface area contributed by atoms with E-state index in [0.29, 0.717) is 11.8 Å². The van der Waals surface area contributed by atoms with Crippen molar-refractivity contribution in [1.82, 2.24) is 0 Å². The van der Waals surface area contributed by atoms with E-state index in [0.717, 1.165) is 13.1 Å². The lowest BCUT2D eigenvalue weighted by atomic mass is 9.79. The Hall–Kier alpha value is -0.550. The van der Waals surface area contributed by atoms with Crippen molar-refractivity contribution in [2.24, 2.45) is 11.8 Å². The Kier molecular flexibility index (Phi) is 2.41. The molecule has 3 heterocycles. The lowest BCUT2D eigenvalue weighted by molar-refractivity contribution is 0.0245. The molecule has 0 amide bonds. The average molecular weight is 367 g/mol. The molecule has 3 heteroatoms. The monoisotopic (exact) mass is 367 g/mol. The molecule has 0 aromatic heterocycles. The highest BCUT2D eigenvalue weighted by Gasteiger charge is 2.64. The molecule has 0 aliphatic carbocycles. The Morgan fingerprint density at radius 3 is 2.68 bits per heavy atom.